The van der Waals surface area contributed by atoms with E-state index < -0.39 is 0 Å². The third kappa shape index (κ3) is 1.77. The molecule has 0 unspecified atom stereocenters. The molecule has 1 aromatic rings. The van der Waals surface area contributed by atoms with E-state index in [4.69, 9.17) is 10.5 Å². The molecule has 2 atom stereocenters. The summed E-state index contributed by atoms with van der Waals surface area (Å²) in [6.45, 7) is 0.769. The van der Waals surface area contributed by atoms with E-state index >= 15 is 0 Å². The molecule has 0 aromatic heterocycles. The summed E-state index contributed by atoms with van der Waals surface area (Å²) in [5.74, 6) is 1.53. The maximum Gasteiger partial charge on any atom is 0.119 e. The van der Waals surface area contributed by atoms with Crippen LogP contribution in [-0.4, -0.2) is 12.6 Å². The molecule has 1 saturated carbocycles. The average molecular weight is 163 g/mol. The predicted octanol–water partition coefficient (Wildman–Crippen LogP) is 1.41. The van der Waals surface area contributed by atoms with Crippen molar-refractivity contribution in [3.8, 4) is 5.75 Å². The van der Waals surface area contributed by atoms with Gasteiger partial charge in [-0.05, 0) is 18.6 Å². The van der Waals surface area contributed by atoms with Crippen molar-refractivity contribution in [2.45, 2.75) is 12.5 Å². The van der Waals surface area contributed by atoms with Crippen molar-refractivity contribution in [2.75, 3.05) is 6.61 Å². The van der Waals surface area contributed by atoms with Crippen molar-refractivity contribution in [3.05, 3.63) is 30.3 Å². The fraction of sp³-hybridized carbons (Fsp3) is 0.400. The van der Waals surface area contributed by atoms with Gasteiger partial charge >= 0.3 is 0 Å². The second kappa shape index (κ2) is 3.15. The molecule has 1 fully saturated rings. The van der Waals surface area contributed by atoms with Crippen LogP contribution in [-0.2, 0) is 0 Å². The van der Waals surface area contributed by atoms with Crippen molar-refractivity contribution in [2.24, 2.45) is 11.7 Å². The second-order valence-corrected chi connectivity index (χ2v) is 3.28. The summed E-state index contributed by atoms with van der Waals surface area (Å²) in [5.41, 5.74) is 5.65. The molecule has 0 saturated heterocycles. The van der Waals surface area contributed by atoms with Crippen LogP contribution >= 0.6 is 0 Å². The van der Waals surface area contributed by atoms with Gasteiger partial charge in [0.05, 0.1) is 6.61 Å². The zero-order valence-corrected chi connectivity index (χ0v) is 6.94. The number of rotatable bonds is 3. The van der Waals surface area contributed by atoms with Crippen molar-refractivity contribution in [3.63, 3.8) is 0 Å². The fourth-order valence-electron chi connectivity index (χ4n) is 1.18. The molecule has 0 spiro atoms. The van der Waals surface area contributed by atoms with E-state index in [1.807, 2.05) is 30.3 Å². The van der Waals surface area contributed by atoms with Gasteiger partial charge in [-0.1, -0.05) is 18.2 Å². The first kappa shape index (κ1) is 7.62. The summed E-state index contributed by atoms with van der Waals surface area (Å²) in [4.78, 5) is 0. The minimum atomic E-state index is 0.383. The van der Waals surface area contributed by atoms with Crippen molar-refractivity contribution < 1.29 is 4.74 Å². The zero-order chi connectivity index (χ0) is 8.39. The van der Waals surface area contributed by atoms with Crippen LogP contribution in [0.5, 0.6) is 5.75 Å². The minimum Gasteiger partial charge on any atom is -0.493 e. The van der Waals surface area contributed by atoms with E-state index in [-0.39, 0.29) is 0 Å². The number of para-hydroxylation sites is 1. The third-order valence-corrected chi connectivity index (χ3v) is 2.18. The quantitative estimate of drug-likeness (QED) is 0.731. The molecule has 1 aromatic carbocycles. The van der Waals surface area contributed by atoms with E-state index in [9.17, 15) is 0 Å². The standard InChI is InChI=1S/C10H13NO/c11-10-6-8(10)7-12-9-4-2-1-3-5-9/h1-5,8,10H,6-7,11H2/t8-,10-/m1/s1. The van der Waals surface area contributed by atoms with Gasteiger partial charge < -0.3 is 10.5 Å². The molecule has 12 heavy (non-hydrogen) atoms. The average Bonchev–Trinajstić information content (AvgIpc) is 2.81. The topological polar surface area (TPSA) is 35.2 Å². The molecule has 2 N–H and O–H groups in total. The minimum absolute atomic E-state index is 0.383. The highest BCUT2D eigenvalue weighted by molar-refractivity contribution is 5.21. The zero-order valence-electron chi connectivity index (χ0n) is 6.94. The monoisotopic (exact) mass is 163 g/mol. The van der Waals surface area contributed by atoms with Crippen molar-refractivity contribution in [1.82, 2.24) is 0 Å². The van der Waals surface area contributed by atoms with Crippen LogP contribution < -0.4 is 10.5 Å². The Hall–Kier alpha value is -1.02. The van der Waals surface area contributed by atoms with E-state index in [0.717, 1.165) is 18.8 Å². The van der Waals surface area contributed by atoms with Crippen LogP contribution in [0.1, 0.15) is 6.42 Å². The van der Waals surface area contributed by atoms with Gasteiger partial charge in [0.25, 0.3) is 0 Å². The van der Waals surface area contributed by atoms with E-state index in [1.165, 1.54) is 0 Å². The number of nitrogens with two attached hydrogens (primary N) is 1. The Morgan fingerprint density at radius 3 is 2.58 bits per heavy atom. The van der Waals surface area contributed by atoms with Gasteiger partial charge in [0, 0.05) is 12.0 Å². The van der Waals surface area contributed by atoms with Crippen LogP contribution in [0.15, 0.2) is 30.3 Å². The first-order valence-corrected chi connectivity index (χ1v) is 4.29. The van der Waals surface area contributed by atoms with Gasteiger partial charge in [-0.25, -0.2) is 0 Å². The van der Waals surface area contributed by atoms with Crippen LogP contribution in [0.25, 0.3) is 0 Å². The SMILES string of the molecule is N[C@@H]1C[C@@H]1COc1ccccc1. The summed E-state index contributed by atoms with van der Waals surface area (Å²) in [7, 11) is 0. The fourth-order valence-corrected chi connectivity index (χ4v) is 1.18. The largest absolute Gasteiger partial charge is 0.493 e. The molecule has 0 aliphatic heterocycles. The van der Waals surface area contributed by atoms with Gasteiger partial charge in [-0.2, -0.15) is 0 Å². The Morgan fingerprint density at radius 1 is 1.33 bits per heavy atom. The molecule has 2 heteroatoms. The molecule has 0 amide bonds. The third-order valence-electron chi connectivity index (χ3n) is 2.18. The molecule has 1 aliphatic carbocycles. The van der Waals surface area contributed by atoms with Gasteiger partial charge in [0.2, 0.25) is 0 Å². The maximum atomic E-state index is 5.65. The normalized spacial score (nSPS) is 26.8. The summed E-state index contributed by atoms with van der Waals surface area (Å²) < 4.78 is 5.52. The van der Waals surface area contributed by atoms with E-state index in [1.54, 1.807) is 0 Å². The predicted molar refractivity (Wildman–Crippen MR) is 48.0 cm³/mol. The van der Waals surface area contributed by atoms with Gasteiger partial charge in [-0.3, -0.25) is 0 Å². The lowest BCUT2D eigenvalue weighted by Gasteiger charge is -2.03. The van der Waals surface area contributed by atoms with Gasteiger partial charge in [-0.15, -0.1) is 0 Å². The molecule has 2 rings (SSSR count). The first-order valence-electron chi connectivity index (χ1n) is 4.29. The van der Waals surface area contributed by atoms with Crippen molar-refractivity contribution in [1.29, 1.82) is 0 Å². The highest BCUT2D eigenvalue weighted by Gasteiger charge is 2.33. The summed E-state index contributed by atoms with van der Waals surface area (Å²) in [5, 5.41) is 0. The Kier molecular flexibility index (Phi) is 2.00. The lowest BCUT2D eigenvalue weighted by atomic mass is 10.3. The highest BCUT2D eigenvalue weighted by atomic mass is 16.5. The van der Waals surface area contributed by atoms with Crippen molar-refractivity contribution >= 4 is 0 Å². The van der Waals surface area contributed by atoms with Crippen LogP contribution in [0.3, 0.4) is 0 Å². The lowest BCUT2D eigenvalue weighted by molar-refractivity contribution is 0.297. The molecule has 0 bridgehead atoms. The van der Waals surface area contributed by atoms with Gasteiger partial charge in [0.1, 0.15) is 5.75 Å². The highest BCUT2D eigenvalue weighted by Crippen LogP contribution is 2.28. The molecule has 0 heterocycles. The Morgan fingerprint density at radius 2 is 2.00 bits per heavy atom. The Balaban J connectivity index is 1.80. The molecular formula is C10H13NO. The van der Waals surface area contributed by atoms with Gasteiger partial charge in [0.15, 0.2) is 0 Å². The number of benzene rings is 1. The number of ether oxygens (including phenoxy) is 1. The molecule has 1 aliphatic rings. The lowest BCUT2D eigenvalue weighted by Crippen LogP contribution is -2.08. The number of hydrogen-bond donors (Lipinski definition) is 1. The Labute approximate surface area is 72.3 Å². The van der Waals surface area contributed by atoms with Crippen LogP contribution in [0.4, 0.5) is 0 Å². The van der Waals surface area contributed by atoms with Crippen LogP contribution in [0, 0.1) is 5.92 Å². The van der Waals surface area contributed by atoms with E-state index in [0.29, 0.717) is 12.0 Å². The molecular weight excluding hydrogens is 150 g/mol. The first-order chi connectivity index (χ1) is 5.86. The molecule has 0 radical (unpaired) electrons. The van der Waals surface area contributed by atoms with E-state index in [2.05, 4.69) is 0 Å². The summed E-state index contributed by atoms with van der Waals surface area (Å²) in [6, 6.07) is 10.2. The van der Waals surface area contributed by atoms with Crippen LogP contribution in [0.2, 0.25) is 0 Å². The Bertz CT molecular complexity index is 247. The smallest absolute Gasteiger partial charge is 0.119 e. The summed E-state index contributed by atoms with van der Waals surface area (Å²) in [6.07, 6.45) is 1.12. The maximum absolute atomic E-state index is 5.65. The second-order valence-electron chi connectivity index (χ2n) is 3.28. The molecule has 2 nitrogen and oxygen atoms in total. The summed E-state index contributed by atoms with van der Waals surface area (Å²) >= 11 is 0. The molecule has 64 valence electrons. The number of hydrogen-bond acceptors (Lipinski definition) is 2.